The van der Waals surface area contributed by atoms with E-state index in [1.54, 1.807) is 16.0 Å². The zero-order valence-electron chi connectivity index (χ0n) is 20.8. The molecule has 0 aromatic carbocycles. The number of nitrogens with zero attached hydrogens (tertiary/aromatic N) is 5. The molecule has 1 aromatic rings. The SMILES string of the molecule is CC(C)(C)OC(=O)N1CCN(c2cnc(N)c(N3CCN(C(=O)OC(C)(C)C)CC3)c2)CC1. The van der Waals surface area contributed by atoms with Gasteiger partial charge >= 0.3 is 12.2 Å². The Hall–Kier alpha value is -2.91. The largest absolute Gasteiger partial charge is 0.444 e. The molecule has 10 nitrogen and oxygen atoms in total. The van der Waals surface area contributed by atoms with Crippen LogP contribution in [0.4, 0.5) is 26.8 Å². The highest BCUT2D eigenvalue weighted by molar-refractivity contribution is 5.72. The van der Waals surface area contributed by atoms with Crippen LogP contribution in [0.3, 0.4) is 0 Å². The van der Waals surface area contributed by atoms with Crippen LogP contribution in [0, 0.1) is 0 Å². The molecule has 1 aromatic heterocycles. The van der Waals surface area contributed by atoms with Gasteiger partial charge < -0.3 is 34.8 Å². The Morgan fingerprint density at radius 3 is 1.64 bits per heavy atom. The van der Waals surface area contributed by atoms with Crippen LogP contribution in [0.1, 0.15) is 41.5 Å². The first kappa shape index (κ1) is 24.7. The second kappa shape index (κ2) is 9.52. The number of piperazine rings is 2. The summed E-state index contributed by atoms with van der Waals surface area (Å²) < 4.78 is 11.0. The van der Waals surface area contributed by atoms with Crippen LogP contribution in [-0.2, 0) is 9.47 Å². The summed E-state index contributed by atoms with van der Waals surface area (Å²) in [6.45, 7) is 16.2. The fraction of sp³-hybridized carbons (Fsp3) is 0.696. The van der Waals surface area contributed by atoms with Crippen LogP contribution in [0.5, 0.6) is 0 Å². The van der Waals surface area contributed by atoms with Gasteiger partial charge in [-0.1, -0.05) is 0 Å². The number of aromatic nitrogens is 1. The van der Waals surface area contributed by atoms with Gasteiger partial charge in [0.1, 0.15) is 17.0 Å². The zero-order chi connectivity index (χ0) is 24.4. The second-order valence-corrected chi connectivity index (χ2v) is 10.5. The van der Waals surface area contributed by atoms with Crippen molar-refractivity contribution in [3.05, 3.63) is 12.3 Å². The molecule has 0 saturated carbocycles. The van der Waals surface area contributed by atoms with Crippen molar-refractivity contribution in [3.63, 3.8) is 0 Å². The third-order valence-electron chi connectivity index (χ3n) is 5.45. The average molecular weight is 463 g/mol. The highest BCUT2D eigenvalue weighted by Gasteiger charge is 2.29. The number of rotatable bonds is 2. The lowest BCUT2D eigenvalue weighted by atomic mass is 10.2. The lowest BCUT2D eigenvalue weighted by molar-refractivity contribution is 0.0230. The van der Waals surface area contributed by atoms with Crippen molar-refractivity contribution in [2.24, 2.45) is 0 Å². The summed E-state index contributed by atoms with van der Waals surface area (Å²) in [7, 11) is 0. The molecule has 0 atom stereocenters. The molecule has 2 N–H and O–H groups in total. The number of hydrogen-bond acceptors (Lipinski definition) is 8. The number of carbonyl (C=O) groups is 2. The van der Waals surface area contributed by atoms with Crippen molar-refractivity contribution in [1.82, 2.24) is 14.8 Å². The second-order valence-electron chi connectivity index (χ2n) is 10.5. The van der Waals surface area contributed by atoms with Crippen LogP contribution in [0.2, 0.25) is 0 Å². The van der Waals surface area contributed by atoms with Gasteiger partial charge in [-0.05, 0) is 47.6 Å². The third-order valence-corrected chi connectivity index (χ3v) is 5.45. The molecule has 184 valence electrons. The normalized spacial score (nSPS) is 17.8. The molecule has 2 aliphatic rings. The third kappa shape index (κ3) is 6.79. The number of nitrogens with two attached hydrogens (primary N) is 1. The molecule has 2 aliphatic heterocycles. The lowest BCUT2D eigenvalue weighted by Gasteiger charge is -2.38. The molecular formula is C23H38N6O4. The predicted molar refractivity (Wildman–Crippen MR) is 129 cm³/mol. The summed E-state index contributed by atoms with van der Waals surface area (Å²) in [6.07, 6.45) is 1.21. The van der Waals surface area contributed by atoms with Crippen LogP contribution in [0.15, 0.2) is 12.3 Å². The van der Waals surface area contributed by atoms with Crippen molar-refractivity contribution in [2.75, 3.05) is 67.9 Å². The molecule has 0 spiro atoms. The predicted octanol–water partition coefficient (Wildman–Crippen LogP) is 2.78. The molecule has 33 heavy (non-hydrogen) atoms. The smallest absolute Gasteiger partial charge is 0.410 e. The van der Waals surface area contributed by atoms with E-state index in [0.29, 0.717) is 58.2 Å². The van der Waals surface area contributed by atoms with E-state index in [4.69, 9.17) is 15.2 Å². The Morgan fingerprint density at radius 1 is 0.788 bits per heavy atom. The van der Waals surface area contributed by atoms with Crippen LogP contribution in [-0.4, -0.2) is 90.5 Å². The van der Waals surface area contributed by atoms with Crippen LogP contribution in [0.25, 0.3) is 0 Å². The maximum absolute atomic E-state index is 12.3. The van der Waals surface area contributed by atoms with Crippen LogP contribution < -0.4 is 15.5 Å². The van der Waals surface area contributed by atoms with Gasteiger partial charge in [0.2, 0.25) is 0 Å². The Labute approximate surface area is 196 Å². The number of carbonyl (C=O) groups excluding carboxylic acids is 2. The minimum absolute atomic E-state index is 0.277. The molecule has 3 heterocycles. The minimum Gasteiger partial charge on any atom is -0.444 e. The number of nitrogen functional groups attached to an aromatic ring is 1. The first-order chi connectivity index (χ1) is 15.3. The molecule has 10 heteroatoms. The number of pyridine rings is 1. The summed E-state index contributed by atoms with van der Waals surface area (Å²) >= 11 is 0. The van der Waals surface area contributed by atoms with E-state index in [2.05, 4.69) is 20.9 Å². The van der Waals surface area contributed by atoms with Crippen molar-refractivity contribution in [3.8, 4) is 0 Å². The van der Waals surface area contributed by atoms with Gasteiger partial charge in [-0.15, -0.1) is 0 Å². The van der Waals surface area contributed by atoms with Crippen molar-refractivity contribution in [2.45, 2.75) is 52.7 Å². The zero-order valence-corrected chi connectivity index (χ0v) is 20.8. The summed E-state index contributed by atoms with van der Waals surface area (Å²) in [5.41, 5.74) is 7.03. The van der Waals surface area contributed by atoms with Crippen molar-refractivity contribution < 1.29 is 19.1 Å². The van der Waals surface area contributed by atoms with E-state index in [9.17, 15) is 9.59 Å². The van der Waals surface area contributed by atoms with Gasteiger partial charge in [0.05, 0.1) is 17.6 Å². The summed E-state index contributed by atoms with van der Waals surface area (Å²) in [4.78, 5) is 36.9. The van der Waals surface area contributed by atoms with Gasteiger partial charge in [0.25, 0.3) is 0 Å². The summed E-state index contributed by atoms with van der Waals surface area (Å²) in [5.74, 6) is 0.469. The average Bonchev–Trinajstić information content (AvgIpc) is 2.72. The van der Waals surface area contributed by atoms with Gasteiger partial charge in [0.15, 0.2) is 0 Å². The molecule has 0 radical (unpaired) electrons. The van der Waals surface area contributed by atoms with Crippen molar-refractivity contribution >= 4 is 29.4 Å². The molecule has 3 rings (SSSR count). The first-order valence-corrected chi connectivity index (χ1v) is 11.5. The van der Waals surface area contributed by atoms with E-state index < -0.39 is 11.2 Å². The van der Waals surface area contributed by atoms with E-state index in [1.807, 2.05) is 41.5 Å². The molecule has 0 unspecified atom stereocenters. The van der Waals surface area contributed by atoms with Gasteiger partial charge in [-0.2, -0.15) is 0 Å². The molecule has 2 amide bonds. The summed E-state index contributed by atoms with van der Waals surface area (Å²) in [6, 6.07) is 2.05. The van der Waals surface area contributed by atoms with E-state index in [0.717, 1.165) is 11.4 Å². The Balaban J connectivity index is 1.59. The topological polar surface area (TPSA) is 104 Å². The quantitative estimate of drug-likeness (QED) is 0.715. The highest BCUT2D eigenvalue weighted by Crippen LogP contribution is 2.29. The highest BCUT2D eigenvalue weighted by atomic mass is 16.6. The maximum Gasteiger partial charge on any atom is 0.410 e. The standard InChI is InChI=1S/C23H38N6O4/c1-22(2,3)32-20(30)28-11-7-26(8-12-28)17-15-18(19(24)25-16-17)27-9-13-29(14-10-27)21(31)33-23(4,5)6/h15-16H,7-14H2,1-6H3,(H2,24,25). The Kier molecular flexibility index (Phi) is 7.14. The lowest BCUT2D eigenvalue weighted by Crippen LogP contribution is -2.51. The number of amides is 2. The molecular weight excluding hydrogens is 424 g/mol. The molecule has 2 saturated heterocycles. The molecule has 0 bridgehead atoms. The Bertz CT molecular complexity index is 847. The number of anilines is 3. The number of hydrogen-bond donors (Lipinski definition) is 1. The molecule has 0 aliphatic carbocycles. The maximum atomic E-state index is 12.3. The van der Waals surface area contributed by atoms with Crippen molar-refractivity contribution in [1.29, 1.82) is 0 Å². The molecule has 2 fully saturated rings. The fourth-order valence-electron chi connectivity index (χ4n) is 3.81. The van der Waals surface area contributed by atoms with Gasteiger partial charge in [0, 0.05) is 52.4 Å². The monoisotopic (exact) mass is 462 g/mol. The summed E-state index contributed by atoms with van der Waals surface area (Å²) in [5, 5.41) is 0. The van der Waals surface area contributed by atoms with E-state index in [1.165, 1.54) is 0 Å². The van der Waals surface area contributed by atoms with Gasteiger partial charge in [-0.25, -0.2) is 14.6 Å². The Morgan fingerprint density at radius 2 is 1.21 bits per heavy atom. The minimum atomic E-state index is -0.510. The number of ether oxygens (including phenoxy) is 2. The fourth-order valence-corrected chi connectivity index (χ4v) is 3.81. The first-order valence-electron chi connectivity index (χ1n) is 11.5. The van der Waals surface area contributed by atoms with E-state index >= 15 is 0 Å². The van der Waals surface area contributed by atoms with E-state index in [-0.39, 0.29) is 12.2 Å². The van der Waals surface area contributed by atoms with Gasteiger partial charge in [-0.3, -0.25) is 0 Å². The van der Waals surface area contributed by atoms with Crippen LogP contribution >= 0.6 is 0 Å².